The summed E-state index contributed by atoms with van der Waals surface area (Å²) in [6.07, 6.45) is 17.9. The van der Waals surface area contributed by atoms with Gasteiger partial charge in [-0.05, 0) is 52.5 Å². The lowest BCUT2D eigenvalue weighted by atomic mass is 10.1. The van der Waals surface area contributed by atoms with E-state index in [-0.39, 0.29) is 6.29 Å². The van der Waals surface area contributed by atoms with Crippen LogP contribution in [0.2, 0.25) is 0 Å². The average molecular weight is 359 g/mol. The summed E-state index contributed by atoms with van der Waals surface area (Å²) < 4.78 is 21.4. The van der Waals surface area contributed by atoms with Crippen molar-refractivity contribution in [1.29, 1.82) is 0 Å². The van der Waals surface area contributed by atoms with Crippen LogP contribution in [0.15, 0.2) is 12.3 Å². The highest BCUT2D eigenvalue weighted by Gasteiger charge is 2.06. The Hall–Kier alpha value is -0.580. The molecule has 0 spiro atoms. The van der Waals surface area contributed by atoms with Gasteiger partial charge < -0.3 is 18.9 Å². The molecule has 0 saturated heterocycles. The van der Waals surface area contributed by atoms with E-state index < -0.39 is 0 Å². The minimum atomic E-state index is 0.00798. The van der Waals surface area contributed by atoms with Crippen molar-refractivity contribution in [2.75, 3.05) is 26.6 Å². The topological polar surface area (TPSA) is 36.9 Å². The van der Waals surface area contributed by atoms with E-state index in [1.54, 1.807) is 6.26 Å². The van der Waals surface area contributed by atoms with Gasteiger partial charge in [-0.2, -0.15) is 0 Å². The van der Waals surface area contributed by atoms with Crippen LogP contribution in [0.5, 0.6) is 0 Å². The van der Waals surface area contributed by atoms with Crippen LogP contribution in [-0.2, 0) is 18.9 Å². The number of hydrogen-bond acceptors (Lipinski definition) is 4. The van der Waals surface area contributed by atoms with Gasteiger partial charge in [0.25, 0.3) is 0 Å². The summed E-state index contributed by atoms with van der Waals surface area (Å²) in [4.78, 5) is 0. The Labute approximate surface area is 156 Å². The molecule has 25 heavy (non-hydrogen) atoms. The van der Waals surface area contributed by atoms with Gasteiger partial charge >= 0.3 is 0 Å². The van der Waals surface area contributed by atoms with Gasteiger partial charge in [-0.15, -0.1) is 0 Å². The fraction of sp³-hybridized carbons (Fsp3) is 0.905. The molecular formula is C21H42O4. The van der Waals surface area contributed by atoms with Crippen LogP contribution in [0.4, 0.5) is 0 Å². The minimum absolute atomic E-state index is 0.00798. The van der Waals surface area contributed by atoms with E-state index in [1.165, 1.54) is 57.8 Å². The van der Waals surface area contributed by atoms with Crippen LogP contribution in [0, 0.1) is 0 Å². The Kier molecular flexibility index (Phi) is 21.0. The van der Waals surface area contributed by atoms with E-state index in [0.717, 1.165) is 26.1 Å². The number of hydrogen-bond donors (Lipinski definition) is 0. The smallest absolute Gasteiger partial charge is 0.188 e. The van der Waals surface area contributed by atoms with Crippen LogP contribution in [-0.4, -0.2) is 32.9 Å². The van der Waals surface area contributed by atoms with Crippen LogP contribution in [0.3, 0.4) is 0 Å². The molecule has 0 unspecified atom stereocenters. The fourth-order valence-corrected chi connectivity index (χ4v) is 2.70. The summed E-state index contributed by atoms with van der Waals surface area (Å²) >= 11 is 0. The maximum absolute atomic E-state index is 5.57. The summed E-state index contributed by atoms with van der Waals surface area (Å²) in [7, 11) is 0. The number of ether oxygens (including phenoxy) is 4. The molecule has 0 bridgehead atoms. The number of unbranched alkanes of at least 4 members (excludes halogenated alkanes) is 9. The van der Waals surface area contributed by atoms with Gasteiger partial charge in [0.2, 0.25) is 0 Å². The van der Waals surface area contributed by atoms with Crippen molar-refractivity contribution in [3.05, 3.63) is 12.3 Å². The van der Waals surface area contributed by atoms with Gasteiger partial charge in [0.05, 0.1) is 6.26 Å². The van der Waals surface area contributed by atoms with E-state index in [4.69, 9.17) is 18.9 Å². The lowest BCUT2D eigenvalue weighted by Crippen LogP contribution is -2.17. The molecule has 0 aromatic heterocycles. The van der Waals surface area contributed by atoms with Crippen molar-refractivity contribution in [2.24, 2.45) is 0 Å². The van der Waals surface area contributed by atoms with Gasteiger partial charge in [-0.1, -0.05) is 44.9 Å². The predicted molar refractivity (Wildman–Crippen MR) is 105 cm³/mol. The third-order valence-electron chi connectivity index (χ3n) is 4.06. The molecule has 0 heterocycles. The molecule has 4 heteroatoms. The zero-order chi connectivity index (χ0) is 18.4. The summed E-state index contributed by atoms with van der Waals surface area (Å²) in [6, 6.07) is 0. The molecule has 0 saturated carbocycles. The Morgan fingerprint density at radius 3 is 1.80 bits per heavy atom. The molecule has 0 N–H and O–H groups in total. The van der Waals surface area contributed by atoms with E-state index in [9.17, 15) is 0 Å². The largest absolute Gasteiger partial charge is 0.475 e. The zero-order valence-electron chi connectivity index (χ0n) is 17.0. The van der Waals surface area contributed by atoms with Crippen molar-refractivity contribution in [3.8, 4) is 0 Å². The zero-order valence-corrected chi connectivity index (χ0v) is 17.0. The van der Waals surface area contributed by atoms with Gasteiger partial charge in [0.1, 0.15) is 0 Å². The standard InChI is InChI=1S/C21H42O4/c1-4-22-20-23-19-17-15-13-11-9-7-8-10-12-14-16-18-21(24-5-2)25-6-3/h17,19,21H,4-16,18,20H2,1-3H3. The predicted octanol–water partition coefficient (Wildman–Crippen LogP) is 6.20. The molecule has 0 amide bonds. The van der Waals surface area contributed by atoms with E-state index in [1.807, 2.05) is 20.8 Å². The maximum Gasteiger partial charge on any atom is 0.188 e. The molecule has 0 radical (unpaired) electrons. The highest BCUT2D eigenvalue weighted by Crippen LogP contribution is 2.13. The average Bonchev–Trinajstić information content (AvgIpc) is 2.61. The second kappa shape index (κ2) is 21.5. The first-order valence-electron chi connectivity index (χ1n) is 10.4. The quantitative estimate of drug-likeness (QED) is 0.147. The van der Waals surface area contributed by atoms with E-state index >= 15 is 0 Å². The first-order valence-corrected chi connectivity index (χ1v) is 10.4. The summed E-state index contributed by atoms with van der Waals surface area (Å²) in [5.74, 6) is 0. The Balaban J connectivity index is 3.20. The fourth-order valence-electron chi connectivity index (χ4n) is 2.70. The van der Waals surface area contributed by atoms with Crippen LogP contribution < -0.4 is 0 Å². The highest BCUT2D eigenvalue weighted by atomic mass is 16.7. The summed E-state index contributed by atoms with van der Waals surface area (Å²) in [5.41, 5.74) is 0. The third-order valence-corrected chi connectivity index (χ3v) is 4.06. The molecule has 0 aliphatic heterocycles. The second-order valence-corrected chi connectivity index (χ2v) is 6.25. The Morgan fingerprint density at radius 1 is 0.680 bits per heavy atom. The molecule has 0 rings (SSSR count). The van der Waals surface area contributed by atoms with E-state index in [2.05, 4.69) is 6.08 Å². The SMILES string of the molecule is CCOCOC=CCCCCCCCCCCCC(OCC)OCC. The van der Waals surface area contributed by atoms with Crippen molar-refractivity contribution in [1.82, 2.24) is 0 Å². The molecule has 0 aromatic rings. The second-order valence-electron chi connectivity index (χ2n) is 6.25. The number of rotatable bonds is 20. The number of allylic oxidation sites excluding steroid dienone is 1. The first-order chi connectivity index (χ1) is 12.3. The normalized spacial score (nSPS) is 11.7. The van der Waals surface area contributed by atoms with Crippen LogP contribution >= 0.6 is 0 Å². The molecule has 0 aliphatic rings. The lowest BCUT2D eigenvalue weighted by molar-refractivity contribution is -0.140. The summed E-state index contributed by atoms with van der Waals surface area (Å²) in [5, 5.41) is 0. The monoisotopic (exact) mass is 358 g/mol. The van der Waals surface area contributed by atoms with Crippen molar-refractivity contribution >= 4 is 0 Å². The van der Waals surface area contributed by atoms with Crippen molar-refractivity contribution in [3.63, 3.8) is 0 Å². The molecule has 0 aliphatic carbocycles. The van der Waals surface area contributed by atoms with Gasteiger partial charge in [0, 0.05) is 19.8 Å². The molecule has 150 valence electrons. The third kappa shape index (κ3) is 19.6. The molecule has 0 fully saturated rings. The molecule has 0 aromatic carbocycles. The summed E-state index contributed by atoms with van der Waals surface area (Å²) in [6.45, 7) is 8.56. The van der Waals surface area contributed by atoms with E-state index in [0.29, 0.717) is 13.4 Å². The molecular weight excluding hydrogens is 316 g/mol. The minimum Gasteiger partial charge on any atom is -0.475 e. The maximum atomic E-state index is 5.57. The first kappa shape index (κ1) is 24.4. The van der Waals surface area contributed by atoms with Crippen LogP contribution in [0.25, 0.3) is 0 Å². The lowest BCUT2D eigenvalue weighted by Gasteiger charge is -2.16. The highest BCUT2D eigenvalue weighted by molar-refractivity contribution is 4.72. The van der Waals surface area contributed by atoms with Gasteiger partial charge in [0.15, 0.2) is 13.1 Å². The van der Waals surface area contributed by atoms with Crippen molar-refractivity contribution < 1.29 is 18.9 Å². The molecule has 0 atom stereocenters. The Bertz CT molecular complexity index is 263. The van der Waals surface area contributed by atoms with Crippen molar-refractivity contribution in [2.45, 2.75) is 97.7 Å². The van der Waals surface area contributed by atoms with Gasteiger partial charge in [-0.3, -0.25) is 0 Å². The van der Waals surface area contributed by atoms with Gasteiger partial charge in [-0.25, -0.2) is 0 Å². The Morgan fingerprint density at radius 2 is 1.24 bits per heavy atom. The molecule has 4 nitrogen and oxygen atoms in total. The van der Waals surface area contributed by atoms with Crippen LogP contribution in [0.1, 0.15) is 91.4 Å².